The summed E-state index contributed by atoms with van der Waals surface area (Å²) in [7, 11) is 3.40. The number of nitrogens with zero attached hydrogens (tertiary/aromatic N) is 5. The Labute approximate surface area is 189 Å². The number of hydrogen-bond acceptors (Lipinski definition) is 9. The summed E-state index contributed by atoms with van der Waals surface area (Å²) in [6.07, 6.45) is 1.62. The first-order valence-electron chi connectivity index (χ1n) is 9.98. The van der Waals surface area contributed by atoms with Crippen LogP contribution in [-0.2, 0) is 5.41 Å². The number of nitriles is 1. The number of aryl methyl sites for hydroxylation is 1. The molecule has 32 heavy (non-hydrogen) atoms. The van der Waals surface area contributed by atoms with E-state index in [4.69, 9.17) is 0 Å². The standard InChI is InChI=1S/C22H23N7O2S/c1-12-18(19(31)29(3)4)32-21(26-12)28-20-24-6-5-16(27-20)13-7-14(9-23)17-15(8-13)22(2,11-30)10-25-17/h5-8,25,30H,10-11H2,1-4H3,(H,24,26,27,28). The van der Waals surface area contributed by atoms with Gasteiger partial charge in [0, 0.05) is 37.8 Å². The average Bonchev–Trinajstić information content (AvgIpc) is 3.32. The molecule has 0 saturated carbocycles. The lowest BCUT2D eigenvalue weighted by molar-refractivity contribution is 0.0831. The van der Waals surface area contributed by atoms with E-state index in [9.17, 15) is 15.2 Å². The SMILES string of the molecule is Cc1nc(Nc2nccc(-c3cc(C#N)c4c(c3)C(C)(CO)CN4)n2)sc1C(=O)N(C)C. The van der Waals surface area contributed by atoms with E-state index in [-0.39, 0.29) is 12.5 Å². The fraction of sp³-hybridized carbons (Fsp3) is 0.318. The Balaban J connectivity index is 1.68. The minimum Gasteiger partial charge on any atom is -0.395 e. The number of aromatic nitrogens is 3. The number of aliphatic hydroxyl groups is 1. The van der Waals surface area contributed by atoms with Crippen LogP contribution in [0.2, 0.25) is 0 Å². The molecule has 3 heterocycles. The summed E-state index contributed by atoms with van der Waals surface area (Å²) < 4.78 is 0. The summed E-state index contributed by atoms with van der Waals surface area (Å²) in [5.74, 6) is 0.229. The zero-order valence-corrected chi connectivity index (χ0v) is 19.0. The zero-order chi connectivity index (χ0) is 23.0. The molecule has 1 atom stereocenters. The fourth-order valence-corrected chi connectivity index (χ4v) is 4.57. The van der Waals surface area contributed by atoms with Crippen LogP contribution in [0.25, 0.3) is 11.3 Å². The highest BCUT2D eigenvalue weighted by atomic mass is 32.1. The molecule has 0 saturated heterocycles. The van der Waals surface area contributed by atoms with Gasteiger partial charge < -0.3 is 20.6 Å². The van der Waals surface area contributed by atoms with Gasteiger partial charge in [0.2, 0.25) is 5.95 Å². The highest BCUT2D eigenvalue weighted by molar-refractivity contribution is 7.17. The smallest absolute Gasteiger partial charge is 0.265 e. The van der Waals surface area contributed by atoms with Crippen molar-refractivity contribution in [3.05, 3.63) is 46.1 Å². The number of amides is 1. The number of nitrogens with one attached hydrogen (secondary N) is 2. The molecule has 0 bridgehead atoms. The maximum absolute atomic E-state index is 12.3. The Bertz CT molecular complexity index is 1250. The van der Waals surface area contributed by atoms with Crippen LogP contribution >= 0.6 is 11.3 Å². The van der Waals surface area contributed by atoms with Crippen LogP contribution in [0.5, 0.6) is 0 Å². The number of anilines is 3. The van der Waals surface area contributed by atoms with Crippen molar-refractivity contribution in [3.63, 3.8) is 0 Å². The van der Waals surface area contributed by atoms with Gasteiger partial charge in [-0.3, -0.25) is 4.79 Å². The lowest BCUT2D eigenvalue weighted by atomic mass is 9.83. The van der Waals surface area contributed by atoms with Crippen LogP contribution in [0.3, 0.4) is 0 Å². The second-order valence-corrected chi connectivity index (χ2v) is 9.15. The normalized spacial score (nSPS) is 16.8. The number of thiazole rings is 1. The molecule has 1 aliphatic heterocycles. The van der Waals surface area contributed by atoms with Crippen LogP contribution in [0.4, 0.5) is 16.8 Å². The average molecular weight is 450 g/mol. The third-order valence-corrected chi connectivity index (χ3v) is 6.54. The van der Waals surface area contributed by atoms with Gasteiger partial charge in [-0.25, -0.2) is 15.0 Å². The monoisotopic (exact) mass is 449 g/mol. The van der Waals surface area contributed by atoms with Crippen molar-refractivity contribution in [2.45, 2.75) is 19.3 Å². The molecule has 0 spiro atoms. The van der Waals surface area contributed by atoms with Crippen molar-refractivity contribution < 1.29 is 9.90 Å². The summed E-state index contributed by atoms with van der Waals surface area (Å²) >= 11 is 1.24. The van der Waals surface area contributed by atoms with E-state index in [2.05, 4.69) is 31.7 Å². The molecule has 1 unspecified atom stereocenters. The van der Waals surface area contributed by atoms with Gasteiger partial charge in [0.25, 0.3) is 5.91 Å². The lowest BCUT2D eigenvalue weighted by Gasteiger charge is -2.21. The summed E-state index contributed by atoms with van der Waals surface area (Å²) in [4.78, 5) is 27.6. The lowest BCUT2D eigenvalue weighted by Crippen LogP contribution is -2.28. The number of benzene rings is 1. The van der Waals surface area contributed by atoms with E-state index in [0.29, 0.717) is 39.5 Å². The van der Waals surface area contributed by atoms with Gasteiger partial charge in [0.1, 0.15) is 10.9 Å². The van der Waals surface area contributed by atoms with Crippen LogP contribution in [-0.4, -0.2) is 58.1 Å². The number of carbonyl (C=O) groups excluding carboxylic acids is 1. The molecular formula is C22H23N7O2S. The minimum atomic E-state index is -0.473. The summed E-state index contributed by atoms with van der Waals surface area (Å²) in [5.41, 5.74) is 3.71. The molecule has 0 aliphatic carbocycles. The van der Waals surface area contributed by atoms with Crippen molar-refractivity contribution >= 4 is 34.0 Å². The van der Waals surface area contributed by atoms with Gasteiger partial charge in [0.15, 0.2) is 5.13 Å². The third kappa shape index (κ3) is 3.77. The molecule has 1 amide bonds. The fourth-order valence-electron chi connectivity index (χ4n) is 3.59. The van der Waals surface area contributed by atoms with Crippen molar-refractivity contribution in [3.8, 4) is 17.3 Å². The van der Waals surface area contributed by atoms with Crippen LogP contribution in [0, 0.1) is 18.3 Å². The maximum Gasteiger partial charge on any atom is 0.265 e. The number of fused-ring (bicyclic) bond motifs is 1. The Morgan fingerprint density at radius 2 is 2.19 bits per heavy atom. The summed E-state index contributed by atoms with van der Waals surface area (Å²) in [5, 5.41) is 26.4. The Kier molecular flexibility index (Phi) is 5.54. The van der Waals surface area contributed by atoms with Crippen LogP contribution < -0.4 is 10.6 Å². The number of aliphatic hydroxyl groups excluding tert-OH is 1. The highest BCUT2D eigenvalue weighted by Crippen LogP contribution is 2.41. The highest BCUT2D eigenvalue weighted by Gasteiger charge is 2.36. The first-order chi connectivity index (χ1) is 15.3. The molecule has 1 aromatic carbocycles. The van der Waals surface area contributed by atoms with Crippen LogP contribution in [0.15, 0.2) is 24.4 Å². The molecule has 3 aromatic rings. The Hall–Kier alpha value is -3.55. The molecule has 4 rings (SSSR count). The maximum atomic E-state index is 12.3. The molecule has 2 aromatic heterocycles. The molecule has 10 heteroatoms. The molecule has 1 aliphatic rings. The minimum absolute atomic E-state index is 0.0324. The van der Waals surface area contributed by atoms with Gasteiger partial charge in [-0.1, -0.05) is 18.3 Å². The molecular weight excluding hydrogens is 426 g/mol. The molecule has 0 fully saturated rings. The number of hydrogen-bond donors (Lipinski definition) is 3. The van der Waals surface area contributed by atoms with Crippen molar-refractivity contribution in [2.24, 2.45) is 0 Å². The Morgan fingerprint density at radius 3 is 2.88 bits per heavy atom. The molecule has 164 valence electrons. The van der Waals surface area contributed by atoms with E-state index in [1.165, 1.54) is 16.2 Å². The largest absolute Gasteiger partial charge is 0.395 e. The second-order valence-electron chi connectivity index (χ2n) is 8.15. The van der Waals surface area contributed by atoms with Crippen molar-refractivity contribution in [1.29, 1.82) is 5.26 Å². The predicted octanol–water partition coefficient (Wildman–Crippen LogP) is 2.90. The van der Waals surface area contributed by atoms with E-state index >= 15 is 0 Å². The molecule has 0 radical (unpaired) electrons. The summed E-state index contributed by atoms with van der Waals surface area (Å²) in [6.45, 7) is 4.28. The van der Waals surface area contributed by atoms with Crippen molar-refractivity contribution in [1.82, 2.24) is 19.9 Å². The molecule has 9 nitrogen and oxygen atoms in total. The third-order valence-electron chi connectivity index (χ3n) is 5.48. The quantitative estimate of drug-likeness (QED) is 0.543. The van der Waals surface area contributed by atoms with Gasteiger partial charge >= 0.3 is 0 Å². The molecule has 3 N–H and O–H groups in total. The second kappa shape index (κ2) is 8.18. The Morgan fingerprint density at radius 1 is 1.41 bits per heavy atom. The van der Waals surface area contributed by atoms with Gasteiger partial charge in [0.05, 0.1) is 29.2 Å². The van der Waals surface area contributed by atoms with E-state index < -0.39 is 5.41 Å². The van der Waals surface area contributed by atoms with Gasteiger partial charge in [-0.15, -0.1) is 0 Å². The first kappa shape index (κ1) is 21.7. The number of rotatable bonds is 5. The van der Waals surface area contributed by atoms with E-state index in [1.54, 1.807) is 39.3 Å². The number of carbonyl (C=O) groups is 1. The van der Waals surface area contributed by atoms with Gasteiger partial charge in [-0.2, -0.15) is 5.26 Å². The summed E-state index contributed by atoms with van der Waals surface area (Å²) in [6, 6.07) is 7.74. The van der Waals surface area contributed by atoms with Gasteiger partial charge in [-0.05, 0) is 30.7 Å². The van der Waals surface area contributed by atoms with Crippen molar-refractivity contribution in [2.75, 3.05) is 37.9 Å². The van der Waals surface area contributed by atoms with Crippen LogP contribution in [0.1, 0.15) is 33.4 Å². The zero-order valence-electron chi connectivity index (χ0n) is 18.2. The van der Waals surface area contributed by atoms with E-state index in [1.807, 2.05) is 13.0 Å². The van der Waals surface area contributed by atoms with E-state index in [0.717, 1.165) is 16.8 Å². The predicted molar refractivity (Wildman–Crippen MR) is 123 cm³/mol. The topological polar surface area (TPSA) is 127 Å². The first-order valence-corrected chi connectivity index (χ1v) is 10.8.